The number of nitrogens with one attached hydrogen (secondary N) is 2. The zero-order chi connectivity index (χ0) is 32.8. The highest BCUT2D eigenvalue weighted by Crippen LogP contribution is 2.42. The largest absolute Gasteiger partial charge is 0.477 e. The number of hydrogen-bond acceptors (Lipinski definition) is 9. The summed E-state index contributed by atoms with van der Waals surface area (Å²) in [6.07, 6.45) is -1.42. The second kappa shape index (κ2) is 11.8. The van der Waals surface area contributed by atoms with Gasteiger partial charge in [0.2, 0.25) is 5.88 Å². The number of ether oxygens (including phenoxy) is 1. The first-order valence-corrected chi connectivity index (χ1v) is 16.3. The van der Waals surface area contributed by atoms with E-state index in [1.54, 1.807) is 18.3 Å². The van der Waals surface area contributed by atoms with Crippen LogP contribution >= 0.6 is 0 Å². The molecule has 0 radical (unpaired) electrons. The monoisotopic (exact) mass is 649 g/mol. The van der Waals surface area contributed by atoms with Crippen molar-refractivity contribution in [3.05, 3.63) is 48.2 Å². The third kappa shape index (κ3) is 6.87. The van der Waals surface area contributed by atoms with E-state index in [1.807, 2.05) is 4.90 Å². The van der Waals surface area contributed by atoms with Crippen LogP contribution in [0.1, 0.15) is 64.2 Å². The molecule has 3 aromatic heterocycles. The Morgan fingerprint density at radius 2 is 1.87 bits per heavy atom. The maximum atomic E-state index is 13.6. The number of alkyl halides is 3. The van der Waals surface area contributed by atoms with E-state index in [0.29, 0.717) is 36.5 Å². The van der Waals surface area contributed by atoms with Crippen molar-refractivity contribution in [1.82, 2.24) is 24.5 Å². The first-order valence-electron chi connectivity index (χ1n) is 14.8. The molecule has 5 heterocycles. The van der Waals surface area contributed by atoms with Crippen LogP contribution in [0.15, 0.2) is 47.6 Å². The number of anilines is 2. The first-order chi connectivity index (χ1) is 21.0. The van der Waals surface area contributed by atoms with Gasteiger partial charge in [-0.15, -0.1) is 5.10 Å². The van der Waals surface area contributed by atoms with Crippen molar-refractivity contribution in [2.45, 2.75) is 70.6 Å². The fourth-order valence-electron chi connectivity index (χ4n) is 5.62. The van der Waals surface area contributed by atoms with E-state index in [9.17, 15) is 26.4 Å². The molecule has 2 N–H and O–H groups in total. The van der Waals surface area contributed by atoms with Gasteiger partial charge >= 0.3 is 6.18 Å². The average Bonchev–Trinajstić information content (AvgIpc) is 3.55. The van der Waals surface area contributed by atoms with Gasteiger partial charge in [0.15, 0.2) is 10.8 Å². The lowest BCUT2D eigenvalue weighted by Gasteiger charge is -2.34. The lowest BCUT2D eigenvalue weighted by atomic mass is 9.86. The molecule has 3 aromatic rings. The molecule has 0 aromatic carbocycles. The summed E-state index contributed by atoms with van der Waals surface area (Å²) in [5, 5.41) is 7.24. The molecule has 2 aliphatic heterocycles. The molecule has 5 rings (SSSR count). The number of halogens is 3. The van der Waals surface area contributed by atoms with Crippen molar-refractivity contribution in [3.8, 4) is 11.7 Å². The number of nitrogens with zero attached hydrogens (tertiary/aromatic N) is 5. The van der Waals surface area contributed by atoms with E-state index in [-0.39, 0.29) is 35.4 Å². The summed E-state index contributed by atoms with van der Waals surface area (Å²) < 4.78 is 75.2. The Hall–Kier alpha value is -3.88. The molecule has 2 aliphatic rings. The molecule has 0 aliphatic carbocycles. The van der Waals surface area contributed by atoms with Crippen LogP contribution in [0.2, 0.25) is 0 Å². The Balaban J connectivity index is 1.49. The maximum Gasteiger partial charge on any atom is 0.394 e. The molecule has 244 valence electrons. The minimum absolute atomic E-state index is 0.0610. The van der Waals surface area contributed by atoms with E-state index in [0.717, 1.165) is 26.7 Å². The van der Waals surface area contributed by atoms with E-state index in [1.165, 1.54) is 28.9 Å². The molecule has 1 unspecified atom stereocenters. The van der Waals surface area contributed by atoms with Gasteiger partial charge in [-0.3, -0.25) is 4.79 Å². The van der Waals surface area contributed by atoms with Crippen LogP contribution in [0.4, 0.5) is 24.8 Å². The summed E-state index contributed by atoms with van der Waals surface area (Å²) >= 11 is 0. The van der Waals surface area contributed by atoms with Gasteiger partial charge in [-0.05, 0) is 69.2 Å². The quantitative estimate of drug-likeness (QED) is 0.383. The summed E-state index contributed by atoms with van der Waals surface area (Å²) in [4.78, 5) is 24.6. The molecule has 45 heavy (non-hydrogen) atoms. The van der Waals surface area contributed by atoms with Gasteiger partial charge in [-0.1, -0.05) is 26.8 Å². The molecular weight excluding hydrogens is 611 g/mol. The van der Waals surface area contributed by atoms with E-state index >= 15 is 0 Å². The summed E-state index contributed by atoms with van der Waals surface area (Å²) in [7, 11) is -4.31. The Bertz CT molecular complexity index is 1670. The number of sulfonamides is 1. The van der Waals surface area contributed by atoms with Gasteiger partial charge < -0.3 is 15.0 Å². The molecule has 2 atom stereocenters. The van der Waals surface area contributed by atoms with Crippen LogP contribution in [0.25, 0.3) is 5.82 Å². The second-order valence-electron chi connectivity index (χ2n) is 13.0. The first kappa shape index (κ1) is 32.5. The van der Waals surface area contributed by atoms with Crippen LogP contribution < -0.4 is 19.7 Å². The van der Waals surface area contributed by atoms with Crippen molar-refractivity contribution in [2.24, 2.45) is 17.3 Å². The number of rotatable bonds is 5. The Kier molecular flexibility index (Phi) is 8.53. The molecule has 15 heteroatoms. The minimum atomic E-state index is -4.36. The molecule has 1 saturated heterocycles. The highest BCUT2D eigenvalue weighted by Gasteiger charge is 2.47. The molecule has 1 fully saturated rings. The number of aromatic nitrogens is 4. The van der Waals surface area contributed by atoms with Crippen LogP contribution in [0.3, 0.4) is 0 Å². The third-order valence-corrected chi connectivity index (χ3v) is 9.98. The van der Waals surface area contributed by atoms with Gasteiger partial charge in [0.25, 0.3) is 15.9 Å². The van der Waals surface area contributed by atoms with Gasteiger partial charge in [0, 0.05) is 30.9 Å². The van der Waals surface area contributed by atoms with Crippen molar-refractivity contribution >= 4 is 27.6 Å². The number of carbonyl (C=O) groups excluding carboxylic acids is 1. The average molecular weight is 650 g/mol. The summed E-state index contributed by atoms with van der Waals surface area (Å²) in [5.74, 6) is 0.836. The standard InChI is InChI=1S/C30H38F3N7O4S/c1-19-11-14-34-22-7-6-8-25(35-22)45(42,43)38-27(41)21-9-10-23(36-26(21)39-18-20(19)17-29(39,4)5)40-15-12-24(37-40)44-16-13-28(2,3)30(31,32)33/h6-10,12,15,19-20H,11,13-14,16-18H2,1-5H3,(H,34,35)(H,38,41)/t19-,20?/m0/s1. The predicted octanol–water partition coefficient (Wildman–Crippen LogP) is 5.20. The Morgan fingerprint density at radius 1 is 1.11 bits per heavy atom. The fourth-order valence-corrected chi connectivity index (χ4v) is 6.56. The lowest BCUT2D eigenvalue weighted by molar-refractivity contribution is -0.215. The SMILES string of the molecule is C[C@H]1CCNc2cccc(n2)S(=O)(=O)NC(=O)c2ccc(-n3ccc(OCCC(C)(C)C(F)(F)F)n3)nc2N2CC1CC2(C)C. The zero-order valence-corrected chi connectivity index (χ0v) is 26.7. The normalized spacial score (nSPS) is 21.6. The Morgan fingerprint density at radius 3 is 2.60 bits per heavy atom. The van der Waals surface area contributed by atoms with E-state index in [2.05, 4.69) is 40.9 Å². The van der Waals surface area contributed by atoms with Crippen LogP contribution in [-0.2, 0) is 10.0 Å². The summed E-state index contributed by atoms with van der Waals surface area (Å²) in [6, 6.07) is 9.09. The molecular formula is C30H38F3N7O4S. The molecule has 11 nitrogen and oxygen atoms in total. The lowest BCUT2D eigenvalue weighted by Crippen LogP contribution is -2.41. The molecule has 1 amide bonds. The third-order valence-electron chi connectivity index (χ3n) is 8.75. The van der Waals surface area contributed by atoms with Gasteiger partial charge in [-0.2, -0.15) is 21.6 Å². The number of amides is 1. The Labute approximate surface area is 260 Å². The van der Waals surface area contributed by atoms with Gasteiger partial charge in [0.05, 0.1) is 17.6 Å². The van der Waals surface area contributed by atoms with Crippen LogP contribution in [0, 0.1) is 17.3 Å². The predicted molar refractivity (Wildman–Crippen MR) is 162 cm³/mol. The summed E-state index contributed by atoms with van der Waals surface area (Å²) in [5.41, 5.74) is -2.27. The maximum absolute atomic E-state index is 13.6. The number of fused-ring (bicyclic) bond motifs is 6. The molecule has 0 saturated carbocycles. The van der Waals surface area contributed by atoms with Crippen molar-refractivity contribution < 1.29 is 31.1 Å². The topological polar surface area (TPSA) is 131 Å². The highest BCUT2D eigenvalue weighted by molar-refractivity contribution is 7.90. The smallest absolute Gasteiger partial charge is 0.394 e. The van der Waals surface area contributed by atoms with Crippen molar-refractivity contribution in [3.63, 3.8) is 0 Å². The number of carbonyl (C=O) groups is 1. The zero-order valence-electron chi connectivity index (χ0n) is 25.8. The minimum Gasteiger partial charge on any atom is -0.477 e. The van der Waals surface area contributed by atoms with E-state index < -0.39 is 33.1 Å². The second-order valence-corrected chi connectivity index (χ2v) is 14.6. The molecule has 0 spiro atoms. The number of hydrogen-bond donors (Lipinski definition) is 2. The molecule has 4 bridgehead atoms. The van der Waals surface area contributed by atoms with Crippen LogP contribution in [-0.4, -0.2) is 65.5 Å². The van der Waals surface area contributed by atoms with Crippen LogP contribution in [0.5, 0.6) is 5.88 Å². The van der Waals surface area contributed by atoms with Gasteiger partial charge in [-0.25, -0.2) is 19.4 Å². The number of pyridine rings is 2. The van der Waals surface area contributed by atoms with E-state index in [4.69, 9.17) is 9.72 Å². The summed E-state index contributed by atoms with van der Waals surface area (Å²) in [6.45, 7) is 9.53. The van der Waals surface area contributed by atoms with Crippen molar-refractivity contribution in [2.75, 3.05) is 29.9 Å². The van der Waals surface area contributed by atoms with Crippen molar-refractivity contribution in [1.29, 1.82) is 0 Å². The highest BCUT2D eigenvalue weighted by atomic mass is 32.2. The van der Waals surface area contributed by atoms with Gasteiger partial charge in [0.1, 0.15) is 11.6 Å². The fraction of sp³-hybridized carbons (Fsp3) is 0.533.